The normalized spacial score (nSPS) is 21.0. The molecule has 4 heteroatoms. The minimum atomic E-state index is 0.282. The zero-order valence-electron chi connectivity index (χ0n) is 17.7. The Morgan fingerprint density at radius 2 is 1.58 bits per heavy atom. The number of ether oxygens (including phenoxy) is 3. The Kier molecular flexibility index (Phi) is 5.53. The van der Waals surface area contributed by atoms with Crippen LogP contribution >= 0.6 is 0 Å². The largest absolute Gasteiger partial charge is 0.497 e. The summed E-state index contributed by atoms with van der Waals surface area (Å²) in [6.45, 7) is 1.03. The van der Waals surface area contributed by atoms with E-state index in [-0.39, 0.29) is 6.04 Å². The lowest BCUT2D eigenvalue weighted by molar-refractivity contribution is 0.217. The van der Waals surface area contributed by atoms with Crippen LogP contribution in [0, 0.1) is 5.92 Å². The van der Waals surface area contributed by atoms with Crippen molar-refractivity contribution in [2.45, 2.75) is 18.4 Å². The summed E-state index contributed by atoms with van der Waals surface area (Å²) in [4.78, 5) is 0. The first kappa shape index (κ1) is 19.6. The fraction of sp³-hybridized carbons (Fsp3) is 0.259. The maximum Gasteiger partial charge on any atom is 0.122 e. The fourth-order valence-electron chi connectivity index (χ4n) is 4.64. The number of benzene rings is 3. The smallest absolute Gasteiger partial charge is 0.122 e. The summed E-state index contributed by atoms with van der Waals surface area (Å²) in [6, 6.07) is 24.9. The Labute approximate surface area is 183 Å². The Hall–Kier alpha value is -3.40. The lowest BCUT2D eigenvalue weighted by Crippen LogP contribution is -2.29. The number of nitrogens with one attached hydrogen (secondary N) is 1. The fourth-order valence-corrected chi connectivity index (χ4v) is 4.64. The van der Waals surface area contributed by atoms with Gasteiger partial charge in [-0.2, -0.15) is 0 Å². The van der Waals surface area contributed by atoms with E-state index in [0.717, 1.165) is 23.7 Å². The lowest BCUT2D eigenvalue weighted by atomic mass is 9.77. The van der Waals surface area contributed by atoms with Crippen LogP contribution in [0.4, 0.5) is 5.69 Å². The Morgan fingerprint density at radius 1 is 0.839 bits per heavy atom. The number of fused-ring (bicyclic) bond motifs is 3. The maximum atomic E-state index is 5.99. The van der Waals surface area contributed by atoms with E-state index in [0.29, 0.717) is 25.0 Å². The molecule has 0 radical (unpaired) electrons. The van der Waals surface area contributed by atoms with Gasteiger partial charge in [0.2, 0.25) is 0 Å². The summed E-state index contributed by atoms with van der Waals surface area (Å²) in [7, 11) is 1.70. The molecular weight excluding hydrogens is 386 g/mol. The zero-order valence-corrected chi connectivity index (χ0v) is 17.7. The number of hydrogen-bond acceptors (Lipinski definition) is 4. The van der Waals surface area contributed by atoms with E-state index in [1.165, 1.54) is 16.8 Å². The van der Waals surface area contributed by atoms with Crippen molar-refractivity contribution in [3.8, 4) is 17.2 Å². The van der Waals surface area contributed by atoms with E-state index in [1.54, 1.807) is 7.11 Å². The van der Waals surface area contributed by atoms with Gasteiger partial charge in [-0.3, -0.25) is 0 Å². The van der Waals surface area contributed by atoms with Crippen molar-refractivity contribution in [1.82, 2.24) is 0 Å². The van der Waals surface area contributed by atoms with Gasteiger partial charge in [0, 0.05) is 11.6 Å². The van der Waals surface area contributed by atoms with Crippen LogP contribution < -0.4 is 19.5 Å². The SMILES string of the molecule is COc1ccc(C2Nc3ccc(OCCOc4ccccc4)cc3C3C=CCC32)cc1. The molecule has 158 valence electrons. The van der Waals surface area contributed by atoms with E-state index in [4.69, 9.17) is 14.2 Å². The highest BCUT2D eigenvalue weighted by Crippen LogP contribution is 2.50. The molecule has 0 aromatic heterocycles. The topological polar surface area (TPSA) is 39.7 Å². The first-order valence-electron chi connectivity index (χ1n) is 10.8. The number of anilines is 1. The van der Waals surface area contributed by atoms with Crippen molar-refractivity contribution in [1.29, 1.82) is 0 Å². The van der Waals surface area contributed by atoms with E-state index in [1.807, 2.05) is 48.5 Å². The van der Waals surface area contributed by atoms with Crippen LogP contribution in [0.25, 0.3) is 0 Å². The Bertz CT molecular complexity index is 1050. The summed E-state index contributed by atoms with van der Waals surface area (Å²) >= 11 is 0. The van der Waals surface area contributed by atoms with Crippen molar-refractivity contribution in [3.05, 3.63) is 96.1 Å². The highest BCUT2D eigenvalue weighted by Gasteiger charge is 2.38. The molecule has 0 saturated heterocycles. The van der Waals surface area contributed by atoms with Crippen molar-refractivity contribution < 1.29 is 14.2 Å². The molecule has 5 rings (SSSR count). The van der Waals surface area contributed by atoms with Gasteiger partial charge in [0.1, 0.15) is 30.5 Å². The van der Waals surface area contributed by atoms with Crippen LogP contribution in [0.2, 0.25) is 0 Å². The molecular formula is C27H27NO3. The van der Waals surface area contributed by atoms with Crippen molar-refractivity contribution in [2.75, 3.05) is 25.6 Å². The molecule has 1 aliphatic carbocycles. The average Bonchev–Trinajstić information content (AvgIpc) is 3.32. The summed E-state index contributed by atoms with van der Waals surface area (Å²) in [5.74, 6) is 3.53. The standard InChI is InChI=1S/C27H27NO3/c1-29-20-12-10-19(11-13-20)27-24-9-5-8-23(24)25-18-22(14-15-26(25)28-27)31-17-16-30-21-6-3-2-4-7-21/h2-8,10-15,18,23-24,27-28H,9,16-17H2,1H3. The molecule has 4 nitrogen and oxygen atoms in total. The van der Waals surface area contributed by atoms with Crippen LogP contribution in [0.15, 0.2) is 84.9 Å². The predicted molar refractivity (Wildman–Crippen MR) is 123 cm³/mol. The van der Waals surface area contributed by atoms with Crippen LogP contribution in [-0.4, -0.2) is 20.3 Å². The molecule has 3 aromatic rings. The van der Waals surface area contributed by atoms with Gasteiger partial charge >= 0.3 is 0 Å². The second kappa shape index (κ2) is 8.76. The summed E-state index contributed by atoms with van der Waals surface area (Å²) in [6.07, 6.45) is 5.73. The maximum absolute atomic E-state index is 5.99. The molecule has 1 heterocycles. The van der Waals surface area contributed by atoms with Gasteiger partial charge < -0.3 is 19.5 Å². The number of para-hydroxylation sites is 1. The first-order valence-corrected chi connectivity index (χ1v) is 10.8. The van der Waals surface area contributed by atoms with Gasteiger partial charge in [-0.05, 0) is 65.9 Å². The molecule has 0 saturated carbocycles. The average molecular weight is 414 g/mol. The molecule has 3 unspecified atom stereocenters. The number of rotatable bonds is 7. The molecule has 1 aliphatic heterocycles. The third-order valence-electron chi connectivity index (χ3n) is 6.17. The number of hydrogen-bond donors (Lipinski definition) is 1. The molecule has 1 N–H and O–H groups in total. The van der Waals surface area contributed by atoms with Crippen molar-refractivity contribution in [2.24, 2.45) is 5.92 Å². The van der Waals surface area contributed by atoms with Gasteiger partial charge in [0.25, 0.3) is 0 Å². The quantitative estimate of drug-likeness (QED) is 0.382. The Balaban J connectivity index is 1.28. The van der Waals surface area contributed by atoms with Crippen molar-refractivity contribution in [3.63, 3.8) is 0 Å². The molecule has 0 amide bonds. The van der Waals surface area contributed by atoms with Gasteiger partial charge in [-0.25, -0.2) is 0 Å². The zero-order chi connectivity index (χ0) is 21.0. The van der Waals surface area contributed by atoms with Gasteiger partial charge in [0.15, 0.2) is 0 Å². The number of methoxy groups -OCH3 is 1. The van der Waals surface area contributed by atoms with Crippen molar-refractivity contribution >= 4 is 5.69 Å². The van der Waals surface area contributed by atoms with E-state index in [9.17, 15) is 0 Å². The van der Waals surface area contributed by atoms with Gasteiger partial charge in [0.05, 0.1) is 13.2 Å². The molecule has 0 fully saturated rings. The Morgan fingerprint density at radius 3 is 2.35 bits per heavy atom. The second-order valence-electron chi connectivity index (χ2n) is 8.01. The number of allylic oxidation sites excluding steroid dienone is 2. The third-order valence-corrected chi connectivity index (χ3v) is 6.17. The minimum absolute atomic E-state index is 0.282. The third kappa shape index (κ3) is 4.11. The monoisotopic (exact) mass is 413 g/mol. The van der Waals surface area contributed by atoms with Crippen LogP contribution in [0.5, 0.6) is 17.2 Å². The second-order valence-corrected chi connectivity index (χ2v) is 8.01. The minimum Gasteiger partial charge on any atom is -0.497 e. The predicted octanol–water partition coefficient (Wildman–Crippen LogP) is 5.98. The van der Waals surface area contributed by atoms with Crippen LogP contribution in [-0.2, 0) is 0 Å². The molecule has 0 bridgehead atoms. The summed E-state index contributed by atoms with van der Waals surface area (Å²) < 4.78 is 17.0. The van der Waals surface area contributed by atoms with E-state index < -0.39 is 0 Å². The van der Waals surface area contributed by atoms with Gasteiger partial charge in [-0.1, -0.05) is 42.5 Å². The van der Waals surface area contributed by atoms with Crippen LogP contribution in [0.1, 0.15) is 29.5 Å². The first-order chi connectivity index (χ1) is 15.3. The molecule has 31 heavy (non-hydrogen) atoms. The molecule has 3 atom stereocenters. The lowest BCUT2D eigenvalue weighted by Gasteiger charge is -2.37. The molecule has 0 spiro atoms. The molecule has 3 aromatic carbocycles. The summed E-state index contributed by atoms with van der Waals surface area (Å²) in [5, 5.41) is 3.78. The van der Waals surface area contributed by atoms with E-state index in [2.05, 4.69) is 41.7 Å². The van der Waals surface area contributed by atoms with Crippen LogP contribution in [0.3, 0.4) is 0 Å². The summed E-state index contributed by atoms with van der Waals surface area (Å²) in [5.41, 5.74) is 3.79. The molecule has 2 aliphatic rings. The van der Waals surface area contributed by atoms with Gasteiger partial charge in [-0.15, -0.1) is 0 Å². The van der Waals surface area contributed by atoms with E-state index >= 15 is 0 Å². The highest BCUT2D eigenvalue weighted by molar-refractivity contribution is 5.61. The highest BCUT2D eigenvalue weighted by atomic mass is 16.5.